The summed E-state index contributed by atoms with van der Waals surface area (Å²) in [6.45, 7) is 2.27. The van der Waals surface area contributed by atoms with Crippen molar-refractivity contribution >= 4 is 0 Å². The third-order valence-electron chi connectivity index (χ3n) is 3.70. The average molecular weight is 218 g/mol. The normalized spacial score (nSPS) is 18.3. The average Bonchev–Trinajstić information content (AvgIpc) is 2.59. The molecule has 1 nitrogen and oxygen atoms in total. The molecule has 0 aliphatic heterocycles. The maximum atomic E-state index is 2.55. The summed E-state index contributed by atoms with van der Waals surface area (Å²) in [6.07, 6.45) is 13.2. The van der Waals surface area contributed by atoms with Crippen LogP contribution in [0.5, 0.6) is 0 Å². The number of pyridine rings is 1. The second-order valence-electron chi connectivity index (χ2n) is 4.99. The topological polar surface area (TPSA) is 3.88 Å². The van der Waals surface area contributed by atoms with Gasteiger partial charge >= 0.3 is 0 Å². The Bertz CT molecular complexity index is 311. The van der Waals surface area contributed by atoms with E-state index in [0.717, 1.165) is 6.04 Å². The van der Waals surface area contributed by atoms with E-state index in [9.17, 15) is 0 Å². The summed E-state index contributed by atoms with van der Waals surface area (Å²) >= 11 is 0. The molecule has 0 unspecified atom stereocenters. The Morgan fingerprint density at radius 1 is 1.12 bits per heavy atom. The zero-order valence-electron chi connectivity index (χ0n) is 10.5. The zero-order valence-corrected chi connectivity index (χ0v) is 10.5. The predicted molar refractivity (Wildman–Crippen MR) is 67.4 cm³/mol. The molecule has 0 spiro atoms. The van der Waals surface area contributed by atoms with Crippen LogP contribution in [0.3, 0.4) is 0 Å². The molecular weight excluding hydrogens is 194 g/mol. The van der Waals surface area contributed by atoms with Gasteiger partial charge in [0.05, 0.1) is 0 Å². The van der Waals surface area contributed by atoms with Crippen LogP contribution in [-0.4, -0.2) is 0 Å². The van der Waals surface area contributed by atoms with Gasteiger partial charge in [-0.25, -0.2) is 0 Å². The first-order valence-corrected chi connectivity index (χ1v) is 6.91. The fraction of sp³-hybridized carbons (Fsp3) is 0.667. The van der Waals surface area contributed by atoms with Crippen molar-refractivity contribution in [2.24, 2.45) is 0 Å². The van der Waals surface area contributed by atoms with Crippen LogP contribution in [0.2, 0.25) is 0 Å². The van der Waals surface area contributed by atoms with E-state index in [2.05, 4.69) is 35.9 Å². The third kappa shape index (κ3) is 2.84. The summed E-state index contributed by atoms with van der Waals surface area (Å²) in [5.74, 6) is 0. The van der Waals surface area contributed by atoms with Crippen molar-refractivity contribution < 1.29 is 4.57 Å². The molecule has 1 aromatic heterocycles. The van der Waals surface area contributed by atoms with Crippen LogP contribution in [0.4, 0.5) is 0 Å². The lowest BCUT2D eigenvalue weighted by Gasteiger charge is -2.12. The van der Waals surface area contributed by atoms with Gasteiger partial charge in [0.2, 0.25) is 0 Å². The molecule has 0 atom stereocenters. The molecule has 1 aromatic rings. The van der Waals surface area contributed by atoms with E-state index in [1.807, 2.05) is 0 Å². The van der Waals surface area contributed by atoms with Gasteiger partial charge in [-0.1, -0.05) is 25.8 Å². The van der Waals surface area contributed by atoms with E-state index in [1.54, 1.807) is 0 Å². The van der Waals surface area contributed by atoms with Gasteiger partial charge < -0.3 is 0 Å². The molecule has 1 heterocycles. The van der Waals surface area contributed by atoms with E-state index in [1.165, 1.54) is 57.1 Å². The Labute approximate surface area is 99.5 Å². The van der Waals surface area contributed by atoms with Crippen LogP contribution in [0.15, 0.2) is 24.4 Å². The molecule has 2 rings (SSSR count). The Balaban J connectivity index is 2.16. The fourth-order valence-electron chi connectivity index (χ4n) is 2.85. The highest BCUT2D eigenvalue weighted by Crippen LogP contribution is 2.23. The summed E-state index contributed by atoms with van der Waals surface area (Å²) < 4.78 is 2.55. The minimum atomic E-state index is 0.769. The molecule has 88 valence electrons. The van der Waals surface area contributed by atoms with Gasteiger partial charge in [0.1, 0.15) is 0 Å². The molecule has 0 aromatic carbocycles. The van der Waals surface area contributed by atoms with Gasteiger partial charge in [0.15, 0.2) is 17.9 Å². The lowest BCUT2D eigenvalue weighted by Crippen LogP contribution is -2.42. The number of aromatic nitrogens is 1. The Morgan fingerprint density at radius 3 is 2.56 bits per heavy atom. The monoisotopic (exact) mass is 218 g/mol. The maximum absolute atomic E-state index is 2.55. The smallest absolute Gasteiger partial charge is 0.181 e. The van der Waals surface area contributed by atoms with Crippen molar-refractivity contribution in [1.82, 2.24) is 0 Å². The van der Waals surface area contributed by atoms with Crippen molar-refractivity contribution in [1.29, 1.82) is 0 Å². The van der Waals surface area contributed by atoms with Crippen molar-refractivity contribution in [3.8, 4) is 0 Å². The van der Waals surface area contributed by atoms with E-state index in [0.29, 0.717) is 0 Å². The largest absolute Gasteiger partial charge is 0.200 e. The van der Waals surface area contributed by atoms with Crippen molar-refractivity contribution in [2.75, 3.05) is 0 Å². The number of aryl methyl sites for hydroxylation is 1. The van der Waals surface area contributed by atoms with Crippen molar-refractivity contribution in [3.63, 3.8) is 0 Å². The van der Waals surface area contributed by atoms with Crippen LogP contribution >= 0.6 is 0 Å². The fourth-order valence-corrected chi connectivity index (χ4v) is 2.85. The number of hydrogen-bond acceptors (Lipinski definition) is 0. The first-order valence-electron chi connectivity index (χ1n) is 6.91. The molecule has 1 heteroatoms. The highest BCUT2D eigenvalue weighted by atomic mass is 15.0. The van der Waals surface area contributed by atoms with E-state index < -0.39 is 0 Å². The number of rotatable bonds is 3. The van der Waals surface area contributed by atoms with E-state index in [4.69, 9.17) is 0 Å². The van der Waals surface area contributed by atoms with Gasteiger partial charge in [-0.3, -0.25) is 0 Å². The summed E-state index contributed by atoms with van der Waals surface area (Å²) in [5, 5.41) is 0. The molecule has 16 heavy (non-hydrogen) atoms. The molecule has 0 radical (unpaired) electrons. The SMILES string of the molecule is CCCc1cccc[n+]1C1CCCCCC1. The highest BCUT2D eigenvalue weighted by Gasteiger charge is 2.22. The van der Waals surface area contributed by atoms with Gasteiger partial charge in [-0.15, -0.1) is 0 Å². The minimum absolute atomic E-state index is 0.769. The van der Waals surface area contributed by atoms with E-state index >= 15 is 0 Å². The van der Waals surface area contributed by atoms with Crippen LogP contribution in [0.1, 0.15) is 63.6 Å². The Kier molecular flexibility index (Phi) is 4.38. The molecule has 0 bridgehead atoms. The first kappa shape index (κ1) is 11.6. The van der Waals surface area contributed by atoms with Crippen LogP contribution < -0.4 is 4.57 Å². The lowest BCUT2D eigenvalue weighted by atomic mass is 10.1. The second-order valence-corrected chi connectivity index (χ2v) is 4.99. The second kappa shape index (κ2) is 6.03. The summed E-state index contributed by atoms with van der Waals surface area (Å²) in [5.41, 5.74) is 1.52. The highest BCUT2D eigenvalue weighted by molar-refractivity contribution is 4.97. The molecule has 0 amide bonds. The maximum Gasteiger partial charge on any atom is 0.181 e. The predicted octanol–water partition coefficient (Wildman–Crippen LogP) is 3.82. The van der Waals surface area contributed by atoms with Crippen LogP contribution in [0.25, 0.3) is 0 Å². The van der Waals surface area contributed by atoms with Gasteiger partial charge in [-0.05, 0) is 19.3 Å². The minimum Gasteiger partial charge on any atom is -0.200 e. The lowest BCUT2D eigenvalue weighted by molar-refractivity contribution is -0.731. The molecule has 1 aliphatic carbocycles. The van der Waals surface area contributed by atoms with Crippen molar-refractivity contribution in [3.05, 3.63) is 30.1 Å². The molecule has 1 fully saturated rings. The van der Waals surface area contributed by atoms with Gasteiger partial charge in [-0.2, -0.15) is 4.57 Å². The standard InChI is InChI=1S/C15H24N/c1-2-9-14-12-7-8-13-16(14)15-10-5-3-4-6-11-15/h7-8,12-13,15H,2-6,9-11H2,1H3/q+1. The van der Waals surface area contributed by atoms with Crippen molar-refractivity contribution in [2.45, 2.75) is 64.3 Å². The van der Waals surface area contributed by atoms with Gasteiger partial charge in [0.25, 0.3) is 0 Å². The van der Waals surface area contributed by atoms with Crippen LogP contribution in [-0.2, 0) is 6.42 Å². The number of nitrogens with zero attached hydrogens (tertiary/aromatic N) is 1. The summed E-state index contributed by atoms with van der Waals surface area (Å²) in [4.78, 5) is 0. The Hall–Kier alpha value is -0.850. The molecule has 0 saturated heterocycles. The first-order chi connectivity index (χ1) is 7.92. The Morgan fingerprint density at radius 2 is 1.88 bits per heavy atom. The molecular formula is C15H24N+. The molecule has 1 aliphatic rings. The molecule has 0 N–H and O–H groups in total. The third-order valence-corrected chi connectivity index (χ3v) is 3.70. The number of hydrogen-bond donors (Lipinski definition) is 0. The summed E-state index contributed by atoms with van der Waals surface area (Å²) in [6, 6.07) is 7.43. The van der Waals surface area contributed by atoms with Crippen LogP contribution in [0, 0.1) is 0 Å². The van der Waals surface area contributed by atoms with Gasteiger partial charge in [0, 0.05) is 31.4 Å². The van der Waals surface area contributed by atoms with E-state index in [-0.39, 0.29) is 0 Å². The summed E-state index contributed by atoms with van der Waals surface area (Å²) in [7, 11) is 0. The molecule has 1 saturated carbocycles. The zero-order chi connectivity index (χ0) is 11.2. The quantitative estimate of drug-likeness (QED) is 0.536.